The molecule has 0 saturated carbocycles. The van der Waals surface area contributed by atoms with Gasteiger partial charge in [-0.25, -0.2) is 4.98 Å². The summed E-state index contributed by atoms with van der Waals surface area (Å²) >= 11 is 1.26. The standard InChI is InChI=1S/C23H20N2O3S/c1-16-11-12-19(21(13-16)27-14-17-7-3-2-4-8-17)24-22(26)15-29-23-25-18-9-5-6-10-20(18)28-23/h2-13H,14-15H2,1H3,(H,24,26). The van der Waals surface area contributed by atoms with Gasteiger partial charge < -0.3 is 14.5 Å². The molecule has 0 spiro atoms. The van der Waals surface area contributed by atoms with E-state index in [0.717, 1.165) is 16.6 Å². The predicted molar refractivity (Wildman–Crippen MR) is 115 cm³/mol. The first kappa shape index (κ1) is 19.1. The second kappa shape index (κ2) is 8.84. The van der Waals surface area contributed by atoms with Crippen LogP contribution in [0.1, 0.15) is 11.1 Å². The summed E-state index contributed by atoms with van der Waals surface area (Å²) in [5.41, 5.74) is 4.27. The Bertz CT molecular complexity index is 1090. The number of rotatable bonds is 7. The van der Waals surface area contributed by atoms with Crippen LogP contribution < -0.4 is 10.1 Å². The molecule has 1 N–H and O–H groups in total. The molecule has 0 unspecified atom stereocenters. The Morgan fingerprint density at radius 3 is 2.69 bits per heavy atom. The third-order valence-electron chi connectivity index (χ3n) is 4.25. The lowest BCUT2D eigenvalue weighted by atomic mass is 10.2. The highest BCUT2D eigenvalue weighted by Crippen LogP contribution is 2.28. The zero-order chi connectivity index (χ0) is 20.1. The average Bonchev–Trinajstić information content (AvgIpc) is 3.16. The number of ether oxygens (including phenoxy) is 1. The molecule has 0 saturated heterocycles. The van der Waals surface area contributed by atoms with Crippen LogP contribution >= 0.6 is 11.8 Å². The van der Waals surface area contributed by atoms with Crippen molar-refractivity contribution >= 4 is 34.5 Å². The monoisotopic (exact) mass is 404 g/mol. The van der Waals surface area contributed by atoms with Crippen molar-refractivity contribution < 1.29 is 13.9 Å². The highest BCUT2D eigenvalue weighted by Gasteiger charge is 2.12. The maximum atomic E-state index is 12.5. The lowest BCUT2D eigenvalue weighted by Crippen LogP contribution is -2.15. The van der Waals surface area contributed by atoms with Gasteiger partial charge in [0.1, 0.15) is 17.9 Å². The molecule has 1 amide bonds. The van der Waals surface area contributed by atoms with Crippen molar-refractivity contribution in [3.63, 3.8) is 0 Å². The maximum Gasteiger partial charge on any atom is 0.257 e. The zero-order valence-corrected chi connectivity index (χ0v) is 16.7. The van der Waals surface area contributed by atoms with Crippen LogP contribution in [0.4, 0.5) is 5.69 Å². The first-order valence-electron chi connectivity index (χ1n) is 9.23. The van der Waals surface area contributed by atoms with Crippen molar-refractivity contribution in [1.82, 2.24) is 4.98 Å². The second-order valence-corrected chi connectivity index (χ2v) is 7.48. The molecule has 5 nitrogen and oxygen atoms in total. The maximum absolute atomic E-state index is 12.5. The minimum Gasteiger partial charge on any atom is -0.487 e. The van der Waals surface area contributed by atoms with E-state index >= 15 is 0 Å². The topological polar surface area (TPSA) is 64.4 Å². The molecule has 0 aliphatic heterocycles. The van der Waals surface area contributed by atoms with Gasteiger partial charge in [-0.15, -0.1) is 0 Å². The Hall–Kier alpha value is -3.25. The van der Waals surface area contributed by atoms with E-state index in [1.54, 1.807) is 0 Å². The van der Waals surface area contributed by atoms with Crippen molar-refractivity contribution in [3.8, 4) is 5.75 Å². The molecule has 146 valence electrons. The molecular weight excluding hydrogens is 384 g/mol. The van der Waals surface area contributed by atoms with Gasteiger partial charge in [-0.05, 0) is 42.3 Å². The number of fused-ring (bicyclic) bond motifs is 1. The van der Waals surface area contributed by atoms with E-state index in [4.69, 9.17) is 9.15 Å². The number of anilines is 1. The number of amides is 1. The van der Waals surface area contributed by atoms with Crippen LogP contribution in [-0.4, -0.2) is 16.6 Å². The second-order valence-electron chi connectivity index (χ2n) is 6.56. The minimum absolute atomic E-state index is 0.148. The fourth-order valence-electron chi connectivity index (χ4n) is 2.81. The van der Waals surface area contributed by atoms with E-state index in [1.807, 2.05) is 79.7 Å². The minimum atomic E-state index is -0.148. The van der Waals surface area contributed by atoms with Crippen LogP contribution in [-0.2, 0) is 11.4 Å². The summed E-state index contributed by atoms with van der Waals surface area (Å²) < 4.78 is 11.6. The van der Waals surface area contributed by atoms with Gasteiger partial charge >= 0.3 is 0 Å². The number of carbonyl (C=O) groups is 1. The zero-order valence-electron chi connectivity index (χ0n) is 15.9. The molecule has 0 atom stereocenters. The molecular formula is C23H20N2O3S. The number of nitrogens with one attached hydrogen (secondary N) is 1. The summed E-state index contributed by atoms with van der Waals surface area (Å²) in [5, 5.41) is 3.40. The summed E-state index contributed by atoms with van der Waals surface area (Å²) in [6.07, 6.45) is 0. The number of oxazole rings is 1. The third-order valence-corrected chi connectivity index (χ3v) is 5.08. The number of hydrogen-bond donors (Lipinski definition) is 1. The van der Waals surface area contributed by atoms with Gasteiger partial charge in [0.05, 0.1) is 11.4 Å². The molecule has 29 heavy (non-hydrogen) atoms. The van der Waals surface area contributed by atoms with E-state index < -0.39 is 0 Å². The van der Waals surface area contributed by atoms with Gasteiger partial charge in [-0.3, -0.25) is 4.79 Å². The third kappa shape index (κ3) is 4.97. The summed E-state index contributed by atoms with van der Waals surface area (Å²) in [6, 6.07) is 23.2. The summed E-state index contributed by atoms with van der Waals surface area (Å²) in [7, 11) is 0. The molecule has 6 heteroatoms. The number of benzene rings is 3. The number of thioether (sulfide) groups is 1. The smallest absolute Gasteiger partial charge is 0.257 e. The van der Waals surface area contributed by atoms with Gasteiger partial charge in [0, 0.05) is 0 Å². The summed E-state index contributed by atoms with van der Waals surface area (Å²) in [4.78, 5) is 16.8. The molecule has 0 radical (unpaired) electrons. The van der Waals surface area contributed by atoms with E-state index in [0.29, 0.717) is 28.8 Å². The van der Waals surface area contributed by atoms with E-state index in [2.05, 4.69) is 10.3 Å². The number of aryl methyl sites for hydroxylation is 1. The van der Waals surface area contributed by atoms with Gasteiger partial charge in [0.15, 0.2) is 5.58 Å². The lowest BCUT2D eigenvalue weighted by Gasteiger charge is -2.13. The van der Waals surface area contributed by atoms with E-state index in [-0.39, 0.29) is 11.7 Å². The Balaban J connectivity index is 1.39. The SMILES string of the molecule is Cc1ccc(NC(=O)CSc2nc3ccccc3o2)c(OCc2ccccc2)c1. The molecule has 4 aromatic rings. The van der Waals surface area contributed by atoms with Crippen LogP contribution in [0, 0.1) is 6.92 Å². The number of nitrogens with zero attached hydrogens (tertiary/aromatic N) is 1. The Labute approximate surface area is 173 Å². The molecule has 1 heterocycles. The molecule has 0 aliphatic rings. The van der Waals surface area contributed by atoms with Crippen molar-refractivity contribution in [2.75, 3.05) is 11.1 Å². The lowest BCUT2D eigenvalue weighted by molar-refractivity contribution is -0.113. The number of para-hydroxylation sites is 2. The van der Waals surface area contributed by atoms with Crippen LogP contribution in [0.25, 0.3) is 11.1 Å². The summed E-state index contributed by atoms with van der Waals surface area (Å²) in [6.45, 7) is 2.43. The molecule has 0 bridgehead atoms. The highest BCUT2D eigenvalue weighted by atomic mass is 32.2. The normalized spacial score (nSPS) is 10.8. The van der Waals surface area contributed by atoms with Gasteiger partial charge in [0.2, 0.25) is 5.91 Å². The van der Waals surface area contributed by atoms with Crippen LogP contribution in [0.2, 0.25) is 0 Å². The Kier molecular flexibility index (Phi) is 5.81. The van der Waals surface area contributed by atoms with Crippen molar-refractivity contribution in [2.45, 2.75) is 18.8 Å². The van der Waals surface area contributed by atoms with Crippen LogP contribution in [0.15, 0.2) is 82.4 Å². The number of carbonyl (C=O) groups excluding carboxylic acids is 1. The first-order chi connectivity index (χ1) is 14.2. The average molecular weight is 404 g/mol. The van der Waals surface area contributed by atoms with Crippen molar-refractivity contribution in [3.05, 3.63) is 83.9 Å². The van der Waals surface area contributed by atoms with Crippen LogP contribution in [0.5, 0.6) is 5.75 Å². The fraction of sp³-hybridized carbons (Fsp3) is 0.130. The first-order valence-corrected chi connectivity index (χ1v) is 10.2. The van der Waals surface area contributed by atoms with E-state index in [1.165, 1.54) is 11.8 Å². The fourth-order valence-corrected chi connectivity index (χ4v) is 3.45. The number of aromatic nitrogens is 1. The van der Waals surface area contributed by atoms with Gasteiger partial charge in [0.25, 0.3) is 5.22 Å². The van der Waals surface area contributed by atoms with Gasteiger partial charge in [-0.1, -0.05) is 60.3 Å². The van der Waals surface area contributed by atoms with E-state index in [9.17, 15) is 4.79 Å². The molecule has 0 fully saturated rings. The highest BCUT2D eigenvalue weighted by molar-refractivity contribution is 7.99. The quantitative estimate of drug-likeness (QED) is 0.415. The number of hydrogen-bond acceptors (Lipinski definition) is 5. The largest absolute Gasteiger partial charge is 0.487 e. The summed E-state index contributed by atoms with van der Waals surface area (Å²) in [5.74, 6) is 0.693. The van der Waals surface area contributed by atoms with Gasteiger partial charge in [-0.2, -0.15) is 0 Å². The predicted octanol–water partition coefficient (Wildman–Crippen LogP) is 5.45. The Morgan fingerprint density at radius 1 is 1.07 bits per heavy atom. The molecule has 1 aromatic heterocycles. The Morgan fingerprint density at radius 2 is 1.86 bits per heavy atom. The molecule has 4 rings (SSSR count). The van der Waals surface area contributed by atoms with Crippen molar-refractivity contribution in [1.29, 1.82) is 0 Å². The molecule has 0 aliphatic carbocycles. The van der Waals surface area contributed by atoms with Crippen LogP contribution in [0.3, 0.4) is 0 Å². The van der Waals surface area contributed by atoms with Crippen molar-refractivity contribution in [2.24, 2.45) is 0 Å². The molecule has 3 aromatic carbocycles.